The summed E-state index contributed by atoms with van der Waals surface area (Å²) in [5.74, 6) is -0.233. The Morgan fingerprint density at radius 2 is 1.92 bits per heavy atom. The summed E-state index contributed by atoms with van der Waals surface area (Å²) < 4.78 is 4.85. The standard InChI is InChI=1S/C19H26O5/c1-2-3-4-5-6-7-16(21)13-17(22)10-8-15-9-11-18(23)19(12-15)24-14-20/h8-12,20,23H,2-7,13-14H2,1H3. The number of Topliss-reactive ketones (excluding diaryl/α,β-unsaturated/α-hetero) is 1. The van der Waals surface area contributed by atoms with Gasteiger partial charge in [-0.15, -0.1) is 0 Å². The molecular formula is C19H26O5. The second-order valence-corrected chi connectivity index (χ2v) is 5.68. The smallest absolute Gasteiger partial charge is 0.186 e. The fourth-order valence-electron chi connectivity index (χ4n) is 2.28. The predicted molar refractivity (Wildman–Crippen MR) is 92.9 cm³/mol. The number of carbonyl (C=O) groups is 2. The summed E-state index contributed by atoms with van der Waals surface area (Å²) in [7, 11) is 0. The number of phenols is 1. The number of hydrogen-bond acceptors (Lipinski definition) is 5. The molecule has 0 radical (unpaired) electrons. The van der Waals surface area contributed by atoms with Crippen LogP contribution in [0.4, 0.5) is 0 Å². The van der Waals surface area contributed by atoms with E-state index in [-0.39, 0.29) is 29.5 Å². The third kappa shape index (κ3) is 7.92. The minimum absolute atomic E-state index is 0.0313. The molecule has 0 aromatic heterocycles. The molecule has 0 aliphatic carbocycles. The summed E-state index contributed by atoms with van der Waals surface area (Å²) in [6.07, 6.45) is 8.64. The maximum atomic E-state index is 11.8. The molecule has 0 atom stereocenters. The number of hydrogen-bond donors (Lipinski definition) is 2. The molecular weight excluding hydrogens is 308 g/mol. The van der Waals surface area contributed by atoms with Crippen LogP contribution >= 0.6 is 0 Å². The molecule has 0 unspecified atom stereocenters. The molecule has 2 N–H and O–H groups in total. The van der Waals surface area contributed by atoms with Crippen molar-refractivity contribution in [3.63, 3.8) is 0 Å². The van der Waals surface area contributed by atoms with Crippen LogP contribution in [0.2, 0.25) is 0 Å². The highest BCUT2D eigenvalue weighted by atomic mass is 16.6. The van der Waals surface area contributed by atoms with Gasteiger partial charge < -0.3 is 14.9 Å². The molecule has 0 amide bonds. The highest BCUT2D eigenvalue weighted by Crippen LogP contribution is 2.27. The van der Waals surface area contributed by atoms with E-state index in [0.29, 0.717) is 12.0 Å². The summed E-state index contributed by atoms with van der Waals surface area (Å²) in [4.78, 5) is 23.6. The molecule has 24 heavy (non-hydrogen) atoms. The van der Waals surface area contributed by atoms with Crippen LogP contribution < -0.4 is 4.74 Å². The van der Waals surface area contributed by atoms with Crippen molar-refractivity contribution in [2.75, 3.05) is 6.79 Å². The Morgan fingerprint density at radius 3 is 2.62 bits per heavy atom. The van der Waals surface area contributed by atoms with Gasteiger partial charge in [-0.05, 0) is 30.2 Å². The number of carbonyl (C=O) groups excluding carboxylic acids is 2. The van der Waals surface area contributed by atoms with Crippen molar-refractivity contribution in [1.82, 2.24) is 0 Å². The fraction of sp³-hybridized carbons (Fsp3) is 0.474. The quantitative estimate of drug-likeness (QED) is 0.264. The number of ketones is 2. The number of aliphatic hydroxyl groups is 1. The van der Waals surface area contributed by atoms with Gasteiger partial charge in [0.1, 0.15) is 5.78 Å². The Kier molecular flexibility index (Phi) is 9.46. The van der Waals surface area contributed by atoms with Crippen LogP contribution in [0.1, 0.15) is 57.4 Å². The summed E-state index contributed by atoms with van der Waals surface area (Å²) in [5, 5.41) is 18.3. The molecule has 0 spiro atoms. The first-order valence-electron chi connectivity index (χ1n) is 8.36. The number of benzene rings is 1. The first kappa shape index (κ1) is 19.9. The summed E-state index contributed by atoms with van der Waals surface area (Å²) in [6, 6.07) is 4.53. The molecule has 5 nitrogen and oxygen atoms in total. The number of ether oxygens (including phenoxy) is 1. The van der Waals surface area contributed by atoms with Gasteiger partial charge in [-0.2, -0.15) is 0 Å². The van der Waals surface area contributed by atoms with E-state index in [0.717, 1.165) is 19.3 Å². The van der Waals surface area contributed by atoms with Crippen LogP contribution in [-0.4, -0.2) is 28.6 Å². The van der Waals surface area contributed by atoms with Crippen molar-refractivity contribution < 1.29 is 24.5 Å². The normalized spacial score (nSPS) is 10.9. The maximum absolute atomic E-state index is 11.8. The van der Waals surface area contributed by atoms with Gasteiger partial charge in [0.05, 0.1) is 6.42 Å². The van der Waals surface area contributed by atoms with Gasteiger partial charge in [0.15, 0.2) is 24.1 Å². The van der Waals surface area contributed by atoms with E-state index in [1.165, 1.54) is 31.1 Å². The highest BCUT2D eigenvalue weighted by molar-refractivity contribution is 6.06. The van der Waals surface area contributed by atoms with E-state index in [2.05, 4.69) is 6.92 Å². The van der Waals surface area contributed by atoms with E-state index < -0.39 is 6.79 Å². The lowest BCUT2D eigenvalue weighted by atomic mass is 10.1. The van der Waals surface area contributed by atoms with Gasteiger partial charge in [-0.3, -0.25) is 9.59 Å². The molecule has 0 saturated heterocycles. The molecule has 5 heteroatoms. The molecule has 1 rings (SSSR count). The predicted octanol–water partition coefficient (Wildman–Crippen LogP) is 3.62. The van der Waals surface area contributed by atoms with E-state index in [4.69, 9.17) is 9.84 Å². The second-order valence-electron chi connectivity index (χ2n) is 5.68. The highest BCUT2D eigenvalue weighted by Gasteiger charge is 2.07. The second kappa shape index (κ2) is 11.4. The third-order valence-corrected chi connectivity index (χ3v) is 3.60. The van der Waals surface area contributed by atoms with Crippen molar-refractivity contribution >= 4 is 17.6 Å². The fourth-order valence-corrected chi connectivity index (χ4v) is 2.28. The van der Waals surface area contributed by atoms with E-state index in [1.54, 1.807) is 12.1 Å². The van der Waals surface area contributed by atoms with Crippen LogP contribution in [-0.2, 0) is 9.59 Å². The van der Waals surface area contributed by atoms with Crippen LogP contribution in [0.25, 0.3) is 6.08 Å². The van der Waals surface area contributed by atoms with Gasteiger partial charge in [0.2, 0.25) is 0 Å². The number of rotatable bonds is 12. The van der Waals surface area contributed by atoms with Gasteiger partial charge in [0.25, 0.3) is 0 Å². The Labute approximate surface area is 143 Å². The Hall–Kier alpha value is -2.14. The Balaban J connectivity index is 2.42. The Morgan fingerprint density at radius 1 is 1.17 bits per heavy atom. The van der Waals surface area contributed by atoms with Crippen LogP contribution in [0.15, 0.2) is 24.3 Å². The number of aromatic hydroxyl groups is 1. The zero-order chi connectivity index (χ0) is 17.8. The monoisotopic (exact) mass is 334 g/mol. The van der Waals surface area contributed by atoms with Gasteiger partial charge in [0, 0.05) is 6.42 Å². The lowest BCUT2D eigenvalue weighted by molar-refractivity contribution is -0.124. The number of unbranched alkanes of at least 4 members (excludes halogenated alkanes) is 4. The van der Waals surface area contributed by atoms with Crippen molar-refractivity contribution in [3.05, 3.63) is 29.8 Å². The SMILES string of the molecule is CCCCCCCC(=O)CC(=O)C=Cc1ccc(O)c(OCO)c1. The first-order chi connectivity index (χ1) is 11.6. The molecule has 0 saturated carbocycles. The van der Waals surface area contributed by atoms with Crippen molar-refractivity contribution in [2.45, 2.75) is 51.9 Å². The zero-order valence-electron chi connectivity index (χ0n) is 14.2. The average molecular weight is 334 g/mol. The summed E-state index contributed by atoms with van der Waals surface area (Å²) >= 11 is 0. The van der Waals surface area contributed by atoms with E-state index >= 15 is 0 Å². The van der Waals surface area contributed by atoms with Crippen molar-refractivity contribution in [1.29, 1.82) is 0 Å². The van der Waals surface area contributed by atoms with Crippen molar-refractivity contribution in [2.24, 2.45) is 0 Å². The molecule has 0 bridgehead atoms. The minimum atomic E-state index is -0.549. The molecule has 0 aliphatic rings. The first-order valence-corrected chi connectivity index (χ1v) is 8.36. The zero-order valence-corrected chi connectivity index (χ0v) is 14.2. The maximum Gasteiger partial charge on any atom is 0.186 e. The lowest BCUT2D eigenvalue weighted by Gasteiger charge is -2.05. The number of aliphatic hydroxyl groups excluding tert-OH is 1. The molecule has 0 aliphatic heterocycles. The van der Waals surface area contributed by atoms with Gasteiger partial charge >= 0.3 is 0 Å². The van der Waals surface area contributed by atoms with Crippen LogP contribution in [0.5, 0.6) is 11.5 Å². The summed E-state index contributed by atoms with van der Waals surface area (Å²) in [5.41, 5.74) is 0.636. The van der Waals surface area contributed by atoms with Crippen molar-refractivity contribution in [3.8, 4) is 11.5 Å². The van der Waals surface area contributed by atoms with Crippen LogP contribution in [0, 0.1) is 0 Å². The lowest BCUT2D eigenvalue weighted by Crippen LogP contribution is -2.05. The molecule has 132 valence electrons. The van der Waals surface area contributed by atoms with E-state index in [9.17, 15) is 14.7 Å². The third-order valence-electron chi connectivity index (χ3n) is 3.60. The summed E-state index contributed by atoms with van der Waals surface area (Å²) in [6.45, 7) is 1.59. The Bertz CT molecular complexity index is 563. The topological polar surface area (TPSA) is 83.8 Å². The molecule has 0 heterocycles. The molecule has 0 fully saturated rings. The minimum Gasteiger partial charge on any atom is -0.504 e. The van der Waals surface area contributed by atoms with Gasteiger partial charge in [-0.25, -0.2) is 0 Å². The molecule has 1 aromatic carbocycles. The van der Waals surface area contributed by atoms with Gasteiger partial charge in [-0.1, -0.05) is 44.7 Å². The van der Waals surface area contributed by atoms with E-state index in [1.807, 2.05) is 0 Å². The van der Waals surface area contributed by atoms with Crippen LogP contribution in [0.3, 0.4) is 0 Å². The average Bonchev–Trinajstić information content (AvgIpc) is 2.55. The number of phenolic OH excluding ortho intramolecular Hbond substituents is 1. The number of allylic oxidation sites excluding steroid dienone is 1. The molecule has 1 aromatic rings. The largest absolute Gasteiger partial charge is 0.504 e.